The van der Waals surface area contributed by atoms with Crippen LogP contribution >= 0.6 is 15.9 Å². The first-order valence-corrected chi connectivity index (χ1v) is 44.0. The molecule has 11 N–H and O–H groups in total. The summed E-state index contributed by atoms with van der Waals surface area (Å²) in [7, 11) is 0. The predicted molar refractivity (Wildman–Crippen MR) is 459 cm³/mol. The van der Waals surface area contributed by atoms with E-state index in [0.717, 1.165) is 16.5 Å². The molecule has 42 heteroatoms. The van der Waals surface area contributed by atoms with Crippen LogP contribution in [0.3, 0.4) is 0 Å². The first-order chi connectivity index (χ1) is 61.0. The number of carboxylic acid groups (broad SMARTS) is 4. The van der Waals surface area contributed by atoms with E-state index in [9.17, 15) is 78.1 Å². The molecular formula is C84H126BrN17O24. The van der Waals surface area contributed by atoms with Gasteiger partial charge in [-0.05, 0) is 119 Å². The van der Waals surface area contributed by atoms with E-state index in [-0.39, 0.29) is 121 Å². The number of hydrogen-bond donors (Lipinski definition) is 11. The van der Waals surface area contributed by atoms with Gasteiger partial charge >= 0.3 is 29.9 Å². The molecule has 0 radical (unpaired) electrons. The molecular weight excluding hydrogens is 1710 g/mol. The highest BCUT2D eigenvalue weighted by molar-refractivity contribution is 9.10. The average molecular weight is 1840 g/mol. The van der Waals surface area contributed by atoms with Crippen LogP contribution in [0, 0.1) is 11.3 Å². The number of nitrogens with one attached hydrogen (secondary N) is 7. The second-order valence-electron chi connectivity index (χ2n) is 30.1. The molecule has 2 aromatic carbocycles. The van der Waals surface area contributed by atoms with Crippen LogP contribution in [0.5, 0.6) is 5.75 Å². The summed E-state index contributed by atoms with van der Waals surface area (Å²) in [6.45, 7) is 9.38. The van der Waals surface area contributed by atoms with Crippen LogP contribution in [0.15, 0.2) is 65.4 Å². The summed E-state index contributed by atoms with van der Waals surface area (Å²) in [5.74, 6) is -6.02. The van der Waals surface area contributed by atoms with Crippen molar-refractivity contribution in [2.75, 3.05) is 204 Å². The van der Waals surface area contributed by atoms with E-state index in [4.69, 9.17) is 43.0 Å². The third-order valence-electron chi connectivity index (χ3n) is 20.2. The van der Waals surface area contributed by atoms with Crippen LogP contribution < -0.4 is 42.0 Å². The van der Waals surface area contributed by atoms with Crippen molar-refractivity contribution in [2.45, 2.75) is 147 Å². The zero-order valence-electron chi connectivity index (χ0n) is 71.9. The first kappa shape index (κ1) is 105. The molecule has 0 bridgehead atoms. The Morgan fingerprint density at radius 1 is 0.540 bits per heavy atom. The number of fused-ring (bicyclic) bond motifs is 1. The number of likely N-dealkylation sites (tertiary alicyclic amines) is 1. The first-order valence-electron chi connectivity index (χ1n) is 43.2. The van der Waals surface area contributed by atoms with Gasteiger partial charge in [0.15, 0.2) is 0 Å². The molecule has 2 aromatic heterocycles. The lowest BCUT2D eigenvalue weighted by Crippen LogP contribution is -2.47. The minimum Gasteiger partial charge on any atom is -0.494 e. The zero-order valence-corrected chi connectivity index (χ0v) is 73.5. The number of amides is 9. The lowest BCUT2D eigenvalue weighted by Gasteiger charge is -2.24. The molecule has 126 heavy (non-hydrogen) atoms. The highest BCUT2D eigenvalue weighted by Gasteiger charge is 2.30. The van der Waals surface area contributed by atoms with Gasteiger partial charge in [0.2, 0.25) is 35.4 Å². The Balaban J connectivity index is 0.770. The Morgan fingerprint density at radius 3 is 1.74 bits per heavy atom. The molecule has 698 valence electrons. The number of carbonyl (C=O) groups excluding carboxylic acids is 8. The number of halogens is 1. The summed E-state index contributed by atoms with van der Waals surface area (Å²) < 4.78 is 47.8. The fourth-order valence-electron chi connectivity index (χ4n) is 13.3. The lowest BCUT2D eigenvalue weighted by molar-refractivity contribution is -0.141. The molecule has 2 aliphatic rings. The molecule has 0 spiro atoms. The molecule has 3 atom stereocenters. The van der Waals surface area contributed by atoms with Gasteiger partial charge in [0, 0.05) is 139 Å². The molecule has 2 aliphatic heterocycles. The normalized spacial score (nSPS) is 14.3. The number of aryl methyl sites for hydroxylation is 1. The van der Waals surface area contributed by atoms with E-state index >= 15 is 0 Å². The summed E-state index contributed by atoms with van der Waals surface area (Å²) in [5, 5.41) is 74.5. The van der Waals surface area contributed by atoms with Crippen molar-refractivity contribution < 1.29 is 116 Å². The van der Waals surface area contributed by atoms with Crippen molar-refractivity contribution in [1.82, 2.24) is 81.7 Å². The molecule has 0 aliphatic carbocycles. The average Bonchev–Trinajstić information content (AvgIpc) is 0.830. The number of pyridine rings is 1. The number of nitrogens with zero attached hydrogens (tertiary/aromatic N) is 10. The number of carbonyl (C=O) groups is 12. The number of rotatable bonds is 67. The fourth-order valence-corrected chi connectivity index (χ4v) is 13.6. The van der Waals surface area contributed by atoms with Gasteiger partial charge in [0.25, 0.3) is 5.91 Å². The van der Waals surface area contributed by atoms with Gasteiger partial charge in [0.05, 0.1) is 155 Å². The third-order valence-corrected chi connectivity index (χ3v) is 20.7. The topological polar surface area (TPSA) is 527 Å². The summed E-state index contributed by atoms with van der Waals surface area (Å²) in [6.07, 6.45) is 10.1. The van der Waals surface area contributed by atoms with Crippen LogP contribution in [-0.2, 0) is 101 Å². The van der Waals surface area contributed by atoms with E-state index in [1.54, 1.807) is 49.8 Å². The van der Waals surface area contributed by atoms with Gasteiger partial charge in [-0.2, -0.15) is 5.26 Å². The quantitative estimate of drug-likeness (QED) is 0.0282. The van der Waals surface area contributed by atoms with Crippen molar-refractivity contribution in [3.63, 3.8) is 0 Å². The summed E-state index contributed by atoms with van der Waals surface area (Å²) in [6, 6.07) is 13.1. The molecule has 6 rings (SSSR count). The van der Waals surface area contributed by atoms with E-state index in [0.29, 0.717) is 250 Å². The molecule has 4 heterocycles. The molecule has 2 saturated heterocycles. The maximum atomic E-state index is 13.7. The Morgan fingerprint density at radius 2 is 1.12 bits per heavy atom. The van der Waals surface area contributed by atoms with Crippen molar-refractivity contribution in [3.8, 4) is 11.8 Å². The van der Waals surface area contributed by atoms with Gasteiger partial charge < -0.3 is 105 Å². The smallest absolute Gasteiger partial charge is 0.326 e. The largest absolute Gasteiger partial charge is 0.494 e. The van der Waals surface area contributed by atoms with Crippen LogP contribution in [0.2, 0.25) is 0 Å². The molecule has 0 saturated carbocycles. The third kappa shape index (κ3) is 45.8. The Bertz CT molecular complexity index is 3990. The lowest BCUT2D eigenvalue weighted by atomic mass is 10.1. The van der Waals surface area contributed by atoms with Gasteiger partial charge in [-0.25, -0.2) is 14.3 Å². The standard InChI is InChI=1S/C84H126BrN17O24/c85-64-16-14-63(15-17-64)58-100(31-8-2-6-28-91-84(118)94-72(83(116)117)21-23-78(108)109)76(106)13-3-1-5-27-90-82(115)71(12-4-7-26-89-75(105)60-97-33-35-98(61-79(110)111)37-38-99(36-34-97)62-80(112)113)93-74(104)25-41-119-43-45-121-47-49-123-51-53-125-54-52-124-50-48-122-46-44-120-42-39-101-59-65(95-96-101)18-22-73(103)88-29-10-40-126-67-19-20-70-69(55-67)68(24-30-87-70)81(114)92-57-77(107)102-32-9-11-66(102)56-86/h14-17,19-20,24,30,55,59,66,71-72H,1-13,18,21-23,25-29,31-54,57-58,60-62H2,(H,88,103)(H,89,105)(H,90,115)(H,92,114)(H,93,104)(H,108,109)(H,110,111)(H,112,113)(H,116,117)(H2,91,94,118)/t66-,71-,72-/m0/s1. The van der Waals surface area contributed by atoms with E-state index < -0.39 is 72.2 Å². The van der Waals surface area contributed by atoms with Gasteiger partial charge in [0.1, 0.15) is 23.9 Å². The van der Waals surface area contributed by atoms with E-state index in [1.807, 2.05) is 29.2 Å². The number of urea groups is 1. The second kappa shape index (κ2) is 62.9. The monoisotopic (exact) mass is 1840 g/mol. The highest BCUT2D eigenvalue weighted by Crippen LogP contribution is 2.24. The zero-order chi connectivity index (χ0) is 90.7. The van der Waals surface area contributed by atoms with Crippen molar-refractivity contribution in [1.29, 1.82) is 5.26 Å². The molecule has 41 nitrogen and oxygen atoms in total. The molecule has 0 unspecified atom stereocenters. The molecule has 2 fully saturated rings. The van der Waals surface area contributed by atoms with Crippen molar-refractivity contribution in [3.05, 3.63) is 82.2 Å². The second-order valence-corrected chi connectivity index (χ2v) is 31.0. The van der Waals surface area contributed by atoms with E-state index in [2.05, 4.69) is 74.5 Å². The number of unbranched alkanes of at least 4 members (excludes halogenated alkanes) is 5. The fraction of sp³-hybridized carbons (Fsp3) is 0.643. The van der Waals surface area contributed by atoms with Crippen LogP contribution in [0.4, 0.5) is 4.79 Å². The van der Waals surface area contributed by atoms with Crippen LogP contribution in [0.25, 0.3) is 10.9 Å². The Labute approximate surface area is 742 Å². The van der Waals surface area contributed by atoms with Gasteiger partial charge in [-0.15, -0.1) is 5.10 Å². The number of aromatic nitrogens is 4. The van der Waals surface area contributed by atoms with Gasteiger partial charge in [-0.1, -0.05) is 39.7 Å². The molecule has 4 aromatic rings. The van der Waals surface area contributed by atoms with Gasteiger partial charge in [-0.3, -0.25) is 67.6 Å². The maximum absolute atomic E-state index is 13.7. The van der Waals surface area contributed by atoms with Crippen LogP contribution in [0.1, 0.15) is 131 Å². The highest BCUT2D eigenvalue weighted by atomic mass is 79.9. The minimum absolute atomic E-state index is 0.00760. The summed E-state index contributed by atoms with van der Waals surface area (Å²) >= 11 is 3.45. The number of aliphatic carboxylic acids is 4. The predicted octanol–water partition coefficient (Wildman–Crippen LogP) is 2.21. The van der Waals surface area contributed by atoms with Crippen molar-refractivity contribution >= 4 is 98.1 Å². The van der Waals surface area contributed by atoms with E-state index in [1.165, 1.54) is 11.1 Å². The number of ether oxygens (including phenoxy) is 8. The minimum atomic E-state index is -1.35. The van der Waals surface area contributed by atoms with Crippen LogP contribution in [-0.4, -0.2) is 358 Å². The summed E-state index contributed by atoms with van der Waals surface area (Å²) in [5.41, 5.74) is 2.53. The number of benzene rings is 2. The maximum Gasteiger partial charge on any atom is 0.326 e. The number of nitriles is 1. The number of hydrogen-bond acceptors (Lipinski definition) is 27. The summed E-state index contributed by atoms with van der Waals surface area (Å²) in [4.78, 5) is 163. The van der Waals surface area contributed by atoms with Crippen molar-refractivity contribution in [2.24, 2.45) is 0 Å². The SMILES string of the molecule is N#C[C@@H]1CCCN1C(=O)CNC(=O)c1ccnc2ccc(OCCCNC(=O)CCc3cn(CCOCCOCCOCCOCCOCCOCCOCCC(=O)N[C@@H](CCCCNC(=O)CN4CCN(CC(=O)O)CCN(CC(=O)O)CC4)C(=O)NCCCCCC(=O)N(CCCCCNC(=O)N[C@@H](CCC(=O)O)C(=O)O)Cc4ccc(Br)cc4)nn3)cc12. The number of carboxylic acids is 4. The Hall–Kier alpha value is -10.2. The Kier molecular flexibility index (Phi) is 52.2. The molecule has 9 amide bonds.